The van der Waals surface area contributed by atoms with Gasteiger partial charge in [0.25, 0.3) is 5.91 Å². The molecular formula is C27H26BrN5O2. The van der Waals surface area contributed by atoms with Crippen molar-refractivity contribution in [3.05, 3.63) is 87.7 Å². The van der Waals surface area contributed by atoms with Crippen molar-refractivity contribution >= 4 is 21.8 Å². The van der Waals surface area contributed by atoms with Crippen LogP contribution in [0.25, 0.3) is 11.1 Å². The Balaban J connectivity index is 1.17. The van der Waals surface area contributed by atoms with Gasteiger partial charge in [0.1, 0.15) is 22.8 Å². The lowest BCUT2D eigenvalue weighted by molar-refractivity contribution is 0.0763. The summed E-state index contributed by atoms with van der Waals surface area (Å²) in [5.74, 6) is 1.55. The standard InChI is InChI=1S/C27H26BrN5O2/c1-31-15-21(13-29-31)19-10-8-18(9-11-19)14-32-16-20-5-4-7-23(25(20)27(32)34)35-17-24-30-26(28)22-6-2-3-12-33(22)24/h4-5,7-11,13,15H,2-3,6,12,14,16-17H2,1H3. The lowest BCUT2D eigenvalue weighted by Crippen LogP contribution is -2.23. The summed E-state index contributed by atoms with van der Waals surface area (Å²) in [6, 6.07) is 14.2. The summed E-state index contributed by atoms with van der Waals surface area (Å²) < 4.78 is 11.1. The molecule has 0 fully saturated rings. The summed E-state index contributed by atoms with van der Waals surface area (Å²) in [7, 11) is 1.91. The van der Waals surface area contributed by atoms with Crippen molar-refractivity contribution in [2.45, 2.75) is 45.5 Å². The summed E-state index contributed by atoms with van der Waals surface area (Å²) in [4.78, 5) is 19.9. The number of hydrogen-bond donors (Lipinski definition) is 0. The van der Waals surface area contributed by atoms with Crippen LogP contribution in [0.5, 0.6) is 5.75 Å². The highest BCUT2D eigenvalue weighted by Crippen LogP contribution is 2.33. The Labute approximate surface area is 212 Å². The molecule has 0 spiro atoms. The van der Waals surface area contributed by atoms with Gasteiger partial charge in [0.05, 0.1) is 17.5 Å². The number of halogens is 1. The van der Waals surface area contributed by atoms with Gasteiger partial charge in [-0.05, 0) is 57.9 Å². The Morgan fingerprint density at radius 1 is 1.09 bits per heavy atom. The number of carbonyl (C=O) groups is 1. The van der Waals surface area contributed by atoms with E-state index < -0.39 is 0 Å². The Kier molecular flexibility index (Phi) is 5.68. The smallest absolute Gasteiger partial charge is 0.258 e. The zero-order chi connectivity index (χ0) is 23.9. The summed E-state index contributed by atoms with van der Waals surface area (Å²) in [6.45, 7) is 2.45. The van der Waals surface area contributed by atoms with Crippen molar-refractivity contribution in [3.63, 3.8) is 0 Å². The summed E-state index contributed by atoms with van der Waals surface area (Å²) in [5.41, 5.74) is 6.20. The van der Waals surface area contributed by atoms with Crippen LogP contribution in [0.3, 0.4) is 0 Å². The molecule has 0 unspecified atom stereocenters. The highest BCUT2D eigenvalue weighted by molar-refractivity contribution is 9.10. The minimum absolute atomic E-state index is 0.0123. The predicted molar refractivity (Wildman–Crippen MR) is 136 cm³/mol. The summed E-state index contributed by atoms with van der Waals surface area (Å²) >= 11 is 3.59. The van der Waals surface area contributed by atoms with E-state index in [1.807, 2.05) is 42.5 Å². The van der Waals surface area contributed by atoms with Crippen LogP contribution >= 0.6 is 15.9 Å². The van der Waals surface area contributed by atoms with Crippen LogP contribution in [0, 0.1) is 0 Å². The average molecular weight is 532 g/mol. The lowest BCUT2D eigenvalue weighted by Gasteiger charge is -2.17. The molecule has 4 heterocycles. The third kappa shape index (κ3) is 4.16. The van der Waals surface area contributed by atoms with Crippen LogP contribution in [0.1, 0.15) is 45.8 Å². The Morgan fingerprint density at radius 2 is 1.94 bits per heavy atom. The minimum Gasteiger partial charge on any atom is -0.485 e. The molecule has 0 bridgehead atoms. The second kappa shape index (κ2) is 9.00. The van der Waals surface area contributed by atoms with Gasteiger partial charge >= 0.3 is 0 Å². The SMILES string of the molecule is Cn1cc(-c2ccc(CN3Cc4cccc(OCc5nc(Br)c6n5CCCC6)c4C3=O)cc2)cn1. The number of nitrogens with zero attached hydrogens (tertiary/aromatic N) is 5. The highest BCUT2D eigenvalue weighted by Gasteiger charge is 2.31. The van der Waals surface area contributed by atoms with Crippen LogP contribution in [0.2, 0.25) is 0 Å². The Hall–Kier alpha value is -3.39. The number of amides is 1. The molecule has 0 saturated heterocycles. The van der Waals surface area contributed by atoms with Crippen LogP contribution in [0.4, 0.5) is 0 Å². The molecule has 8 heteroatoms. The molecule has 2 aromatic heterocycles. The molecule has 2 aliphatic heterocycles. The van der Waals surface area contributed by atoms with E-state index >= 15 is 0 Å². The van der Waals surface area contributed by atoms with E-state index in [0.29, 0.717) is 31.0 Å². The van der Waals surface area contributed by atoms with E-state index in [1.165, 1.54) is 12.1 Å². The second-order valence-electron chi connectivity index (χ2n) is 9.21. The fraction of sp³-hybridized carbons (Fsp3) is 0.296. The topological polar surface area (TPSA) is 65.2 Å². The molecule has 0 radical (unpaired) electrons. The molecule has 0 aliphatic carbocycles. The van der Waals surface area contributed by atoms with Gasteiger partial charge in [-0.3, -0.25) is 9.48 Å². The van der Waals surface area contributed by atoms with Gasteiger partial charge in [0.15, 0.2) is 0 Å². The van der Waals surface area contributed by atoms with E-state index in [9.17, 15) is 4.79 Å². The molecular weight excluding hydrogens is 506 g/mol. The minimum atomic E-state index is 0.0123. The number of carbonyl (C=O) groups excluding carboxylic acids is 1. The number of benzene rings is 2. The van der Waals surface area contributed by atoms with Gasteiger partial charge in [0.2, 0.25) is 0 Å². The second-order valence-corrected chi connectivity index (χ2v) is 9.97. The van der Waals surface area contributed by atoms with Gasteiger partial charge in [-0.25, -0.2) is 4.98 Å². The molecule has 4 aromatic rings. The number of imidazole rings is 1. The Bertz CT molecular complexity index is 1410. The molecule has 0 saturated carbocycles. The largest absolute Gasteiger partial charge is 0.485 e. The van der Waals surface area contributed by atoms with Gasteiger partial charge in [-0.2, -0.15) is 5.10 Å². The number of ether oxygens (including phenoxy) is 1. The number of aromatic nitrogens is 4. The Morgan fingerprint density at radius 3 is 2.74 bits per heavy atom. The van der Waals surface area contributed by atoms with E-state index in [4.69, 9.17) is 4.74 Å². The van der Waals surface area contributed by atoms with E-state index in [0.717, 1.165) is 52.1 Å². The van der Waals surface area contributed by atoms with Crippen LogP contribution in [-0.2, 0) is 39.7 Å². The normalized spacial score (nSPS) is 14.8. The average Bonchev–Trinajstić information content (AvgIpc) is 3.55. The molecule has 2 aromatic carbocycles. The van der Waals surface area contributed by atoms with Gasteiger partial charge < -0.3 is 14.2 Å². The fourth-order valence-corrected chi connectivity index (χ4v) is 5.67. The van der Waals surface area contributed by atoms with E-state index in [-0.39, 0.29) is 5.91 Å². The maximum atomic E-state index is 13.4. The number of aryl methyl sites for hydroxylation is 1. The lowest BCUT2D eigenvalue weighted by atomic mass is 10.1. The van der Waals surface area contributed by atoms with Crippen molar-refractivity contribution in [1.82, 2.24) is 24.2 Å². The first kappa shape index (κ1) is 22.1. The molecule has 2 aliphatic rings. The van der Waals surface area contributed by atoms with Gasteiger partial charge in [-0.1, -0.05) is 36.4 Å². The van der Waals surface area contributed by atoms with Crippen molar-refractivity contribution in [1.29, 1.82) is 0 Å². The first-order valence-corrected chi connectivity index (χ1v) is 12.7. The molecule has 7 nitrogen and oxygen atoms in total. The van der Waals surface area contributed by atoms with Crippen LogP contribution in [0.15, 0.2) is 59.5 Å². The van der Waals surface area contributed by atoms with Crippen molar-refractivity contribution in [2.75, 3.05) is 0 Å². The molecule has 1 amide bonds. The number of rotatable bonds is 6. The number of fused-ring (bicyclic) bond motifs is 2. The first-order chi connectivity index (χ1) is 17.1. The van der Waals surface area contributed by atoms with Crippen LogP contribution in [-0.4, -0.2) is 30.1 Å². The molecule has 0 atom stereocenters. The van der Waals surface area contributed by atoms with E-state index in [1.54, 1.807) is 4.68 Å². The number of hydrogen-bond acceptors (Lipinski definition) is 4. The zero-order valence-corrected chi connectivity index (χ0v) is 21.2. The molecule has 6 rings (SSSR count). The highest BCUT2D eigenvalue weighted by atomic mass is 79.9. The molecule has 0 N–H and O–H groups in total. The van der Waals surface area contributed by atoms with Crippen molar-refractivity contribution < 1.29 is 9.53 Å². The maximum absolute atomic E-state index is 13.4. The monoisotopic (exact) mass is 531 g/mol. The maximum Gasteiger partial charge on any atom is 0.258 e. The van der Waals surface area contributed by atoms with E-state index in [2.05, 4.69) is 54.8 Å². The van der Waals surface area contributed by atoms with Gasteiger partial charge in [0, 0.05) is 38.4 Å². The molecule has 178 valence electrons. The third-order valence-corrected chi connectivity index (χ3v) is 7.48. The zero-order valence-electron chi connectivity index (χ0n) is 19.6. The van der Waals surface area contributed by atoms with Crippen LogP contribution < -0.4 is 4.74 Å². The molecule has 35 heavy (non-hydrogen) atoms. The summed E-state index contributed by atoms with van der Waals surface area (Å²) in [5, 5.41) is 4.24. The fourth-order valence-electron chi connectivity index (χ4n) is 5.05. The summed E-state index contributed by atoms with van der Waals surface area (Å²) in [6.07, 6.45) is 7.23. The quantitative estimate of drug-likeness (QED) is 0.346. The van der Waals surface area contributed by atoms with Crippen molar-refractivity contribution in [2.24, 2.45) is 7.05 Å². The van der Waals surface area contributed by atoms with Crippen molar-refractivity contribution in [3.8, 4) is 16.9 Å². The predicted octanol–water partition coefficient (Wildman–Crippen LogP) is 5.12. The van der Waals surface area contributed by atoms with Gasteiger partial charge in [-0.15, -0.1) is 0 Å². The first-order valence-electron chi connectivity index (χ1n) is 11.9. The third-order valence-electron chi connectivity index (χ3n) is 6.85.